The van der Waals surface area contributed by atoms with Gasteiger partial charge in [0.05, 0.1) is 28.3 Å². The number of benzene rings is 6. The lowest BCUT2D eigenvalue weighted by atomic mass is 9.97. The van der Waals surface area contributed by atoms with E-state index < -0.39 is 0 Å². The van der Waals surface area contributed by atoms with Gasteiger partial charge in [-0.25, -0.2) is 9.98 Å². The van der Waals surface area contributed by atoms with Gasteiger partial charge in [0.2, 0.25) is 5.96 Å². The standard InChI is InChI=1S/C42H30N4/c1-3-12-29(13-4-1)37-28-38(30-14-5-2-6-15-30)44-42(43-37)46-40-21-10-8-19-35(40)36-27-33(22-23-41(36)46)32-17-11-18-34(26-32)45-25-24-31-16-7-9-20-39(31)45/h1-27,37H,28H2. The van der Waals surface area contributed by atoms with E-state index in [9.17, 15) is 0 Å². The first-order chi connectivity index (χ1) is 22.8. The van der Waals surface area contributed by atoms with Gasteiger partial charge < -0.3 is 4.57 Å². The zero-order valence-corrected chi connectivity index (χ0v) is 25.2. The molecule has 0 fully saturated rings. The zero-order chi connectivity index (χ0) is 30.5. The molecule has 0 amide bonds. The highest BCUT2D eigenvalue weighted by molar-refractivity contribution is 6.18. The maximum absolute atomic E-state index is 5.31. The average Bonchev–Trinajstić information content (AvgIpc) is 3.72. The van der Waals surface area contributed by atoms with Gasteiger partial charge in [0.25, 0.3) is 0 Å². The summed E-state index contributed by atoms with van der Waals surface area (Å²) >= 11 is 0. The predicted molar refractivity (Wildman–Crippen MR) is 191 cm³/mol. The van der Waals surface area contributed by atoms with Crippen molar-refractivity contribution in [1.82, 2.24) is 9.13 Å². The first-order valence-corrected chi connectivity index (χ1v) is 15.8. The van der Waals surface area contributed by atoms with E-state index in [-0.39, 0.29) is 6.04 Å². The number of rotatable bonds is 4. The highest BCUT2D eigenvalue weighted by atomic mass is 15.2. The highest BCUT2D eigenvalue weighted by Crippen LogP contribution is 2.36. The second-order valence-electron chi connectivity index (χ2n) is 11.9. The van der Waals surface area contributed by atoms with Gasteiger partial charge in [-0.3, -0.25) is 4.57 Å². The first kappa shape index (κ1) is 26.4. The highest BCUT2D eigenvalue weighted by Gasteiger charge is 2.24. The number of nitrogens with zero attached hydrogens (tertiary/aromatic N) is 4. The molecule has 2 aromatic heterocycles. The lowest BCUT2D eigenvalue weighted by Crippen LogP contribution is -2.21. The molecule has 218 valence electrons. The third kappa shape index (κ3) is 4.46. The van der Waals surface area contributed by atoms with Crippen LogP contribution in [-0.4, -0.2) is 20.8 Å². The number of fused-ring (bicyclic) bond motifs is 4. The molecule has 1 aliphatic heterocycles. The quantitative estimate of drug-likeness (QED) is 0.195. The van der Waals surface area contributed by atoms with Crippen LogP contribution in [0.25, 0.3) is 49.5 Å². The molecule has 0 saturated carbocycles. The average molecular weight is 591 g/mol. The Bertz CT molecular complexity index is 2450. The minimum Gasteiger partial charge on any atom is -0.317 e. The Hall–Kier alpha value is -6.00. The number of aromatic nitrogens is 2. The molecule has 9 rings (SSSR count). The SMILES string of the molecule is c1ccc(C2=NC(n3c4ccccc4c4cc(-c5cccc(-n6ccc7ccccc76)c5)ccc43)=NC(c3ccccc3)C2)cc1. The van der Waals surface area contributed by atoms with Crippen LogP contribution in [0, 0.1) is 0 Å². The molecule has 4 nitrogen and oxygen atoms in total. The molecule has 1 aliphatic rings. The normalized spacial score (nSPS) is 14.9. The van der Waals surface area contributed by atoms with Gasteiger partial charge in [-0.1, -0.05) is 115 Å². The molecule has 0 bridgehead atoms. The minimum atomic E-state index is -0.0214. The number of aliphatic imine (C=N–C) groups is 2. The first-order valence-electron chi connectivity index (χ1n) is 15.8. The molecule has 6 aromatic carbocycles. The van der Waals surface area contributed by atoms with Crippen molar-refractivity contribution in [3.63, 3.8) is 0 Å². The van der Waals surface area contributed by atoms with Gasteiger partial charge in [0.15, 0.2) is 0 Å². The lowest BCUT2D eigenvalue weighted by molar-refractivity contribution is 0.745. The minimum absolute atomic E-state index is 0.0214. The Morgan fingerprint density at radius 1 is 0.522 bits per heavy atom. The molecule has 4 heteroatoms. The van der Waals surface area contributed by atoms with Crippen LogP contribution in [-0.2, 0) is 0 Å². The summed E-state index contributed by atoms with van der Waals surface area (Å²) in [6, 6.07) is 55.9. The molecule has 0 aliphatic carbocycles. The van der Waals surface area contributed by atoms with Crippen molar-refractivity contribution < 1.29 is 0 Å². The largest absolute Gasteiger partial charge is 0.317 e. The fourth-order valence-corrected chi connectivity index (χ4v) is 6.86. The smallest absolute Gasteiger partial charge is 0.230 e. The molecule has 0 radical (unpaired) electrons. The summed E-state index contributed by atoms with van der Waals surface area (Å²) in [6.07, 6.45) is 2.91. The van der Waals surface area contributed by atoms with E-state index in [2.05, 4.69) is 173 Å². The number of para-hydroxylation sites is 2. The van der Waals surface area contributed by atoms with Crippen molar-refractivity contribution in [3.8, 4) is 16.8 Å². The summed E-state index contributed by atoms with van der Waals surface area (Å²) in [5.74, 6) is 0.722. The van der Waals surface area contributed by atoms with Crippen LogP contribution in [0.15, 0.2) is 174 Å². The number of hydrogen-bond donors (Lipinski definition) is 0. The third-order valence-corrected chi connectivity index (χ3v) is 9.11. The maximum Gasteiger partial charge on any atom is 0.230 e. The summed E-state index contributed by atoms with van der Waals surface area (Å²) in [4.78, 5) is 10.5. The Balaban J connectivity index is 1.20. The zero-order valence-electron chi connectivity index (χ0n) is 25.2. The Labute approximate surface area is 267 Å². The van der Waals surface area contributed by atoms with Gasteiger partial charge >= 0.3 is 0 Å². The van der Waals surface area contributed by atoms with Crippen molar-refractivity contribution in [2.45, 2.75) is 12.5 Å². The van der Waals surface area contributed by atoms with Crippen LogP contribution in [0.2, 0.25) is 0 Å². The van der Waals surface area contributed by atoms with E-state index >= 15 is 0 Å². The van der Waals surface area contributed by atoms with Gasteiger partial charge in [0.1, 0.15) is 0 Å². The maximum atomic E-state index is 5.31. The number of hydrogen-bond acceptors (Lipinski definition) is 2. The molecule has 1 unspecified atom stereocenters. The predicted octanol–water partition coefficient (Wildman–Crippen LogP) is 10.2. The van der Waals surface area contributed by atoms with E-state index in [1.54, 1.807) is 0 Å². The van der Waals surface area contributed by atoms with E-state index in [1.807, 2.05) is 0 Å². The van der Waals surface area contributed by atoms with Crippen molar-refractivity contribution >= 4 is 44.4 Å². The van der Waals surface area contributed by atoms with Gasteiger partial charge in [0, 0.05) is 29.1 Å². The summed E-state index contributed by atoms with van der Waals surface area (Å²) in [6.45, 7) is 0. The topological polar surface area (TPSA) is 34.6 Å². The van der Waals surface area contributed by atoms with E-state index in [4.69, 9.17) is 9.98 Å². The molecule has 1 atom stereocenters. The van der Waals surface area contributed by atoms with Crippen molar-refractivity contribution in [2.75, 3.05) is 0 Å². The molecule has 0 N–H and O–H groups in total. The second-order valence-corrected chi connectivity index (χ2v) is 11.9. The van der Waals surface area contributed by atoms with Crippen molar-refractivity contribution in [3.05, 3.63) is 175 Å². The fourth-order valence-electron chi connectivity index (χ4n) is 6.86. The lowest BCUT2D eigenvalue weighted by Gasteiger charge is -2.22. The van der Waals surface area contributed by atoms with Crippen LogP contribution in [0.5, 0.6) is 0 Å². The third-order valence-electron chi connectivity index (χ3n) is 9.11. The summed E-state index contributed by atoms with van der Waals surface area (Å²) in [5, 5.41) is 3.61. The molecule has 46 heavy (non-hydrogen) atoms. The summed E-state index contributed by atoms with van der Waals surface area (Å²) in [7, 11) is 0. The monoisotopic (exact) mass is 590 g/mol. The molecular weight excluding hydrogens is 560 g/mol. The van der Waals surface area contributed by atoms with Gasteiger partial charge in [-0.15, -0.1) is 0 Å². The molecular formula is C42H30N4. The van der Waals surface area contributed by atoms with Crippen LogP contribution in [0.3, 0.4) is 0 Å². The summed E-state index contributed by atoms with van der Waals surface area (Å²) < 4.78 is 4.50. The van der Waals surface area contributed by atoms with Crippen LogP contribution in [0.1, 0.15) is 23.6 Å². The van der Waals surface area contributed by atoms with Crippen LogP contribution < -0.4 is 0 Å². The van der Waals surface area contributed by atoms with E-state index in [0.29, 0.717) is 0 Å². The molecule has 0 spiro atoms. The Morgan fingerprint density at radius 3 is 2.09 bits per heavy atom. The molecule has 0 saturated heterocycles. The van der Waals surface area contributed by atoms with E-state index in [0.717, 1.165) is 40.4 Å². The van der Waals surface area contributed by atoms with Crippen molar-refractivity contribution in [1.29, 1.82) is 0 Å². The summed E-state index contributed by atoms with van der Waals surface area (Å²) in [5.41, 5.74) is 10.3. The van der Waals surface area contributed by atoms with Gasteiger partial charge in [-0.05, 0) is 70.1 Å². The molecule has 3 heterocycles. The van der Waals surface area contributed by atoms with Gasteiger partial charge in [-0.2, -0.15) is 0 Å². The second kappa shape index (κ2) is 10.9. The molecule has 8 aromatic rings. The van der Waals surface area contributed by atoms with Crippen LogP contribution >= 0.6 is 0 Å². The fraction of sp³-hybridized carbons (Fsp3) is 0.0476. The van der Waals surface area contributed by atoms with E-state index in [1.165, 1.54) is 38.4 Å². The Kier molecular flexibility index (Phi) is 6.24. The van der Waals surface area contributed by atoms with Crippen LogP contribution in [0.4, 0.5) is 0 Å². The Morgan fingerprint density at radius 2 is 1.22 bits per heavy atom. The van der Waals surface area contributed by atoms with Crippen molar-refractivity contribution in [2.24, 2.45) is 9.98 Å².